The molecule has 0 bridgehead atoms. The van der Waals surface area contributed by atoms with E-state index in [1.165, 1.54) is 16.9 Å². The zero-order chi connectivity index (χ0) is 17.7. The van der Waals surface area contributed by atoms with Gasteiger partial charge in [0.2, 0.25) is 0 Å². The van der Waals surface area contributed by atoms with Crippen molar-refractivity contribution in [2.45, 2.75) is 52.5 Å². The third kappa shape index (κ3) is 3.54. The Balaban J connectivity index is 1.75. The summed E-state index contributed by atoms with van der Waals surface area (Å²) < 4.78 is 23.3. The molecule has 134 valence electrons. The van der Waals surface area contributed by atoms with Gasteiger partial charge in [-0.3, -0.25) is 4.79 Å². The topological polar surface area (TPSA) is 54.5 Å². The molecular weight excluding hydrogens is 342 g/mol. The van der Waals surface area contributed by atoms with Crippen LogP contribution in [0.3, 0.4) is 0 Å². The van der Waals surface area contributed by atoms with Crippen LogP contribution in [0.2, 0.25) is 0 Å². The SMILES string of the molecule is CN(C(=O)c1cc2c(s1)CCC(C(C)(C)C)C2)C1CCS(=O)(=O)C1. The number of thiophene rings is 1. The molecule has 3 rings (SSSR count). The number of rotatable bonds is 2. The first-order valence-corrected chi connectivity index (χ1v) is 11.3. The van der Waals surface area contributed by atoms with Gasteiger partial charge in [0, 0.05) is 18.0 Å². The fourth-order valence-corrected chi connectivity index (χ4v) is 6.75. The minimum atomic E-state index is -2.97. The fraction of sp³-hybridized carbons (Fsp3) is 0.722. The minimum absolute atomic E-state index is 0.0243. The van der Waals surface area contributed by atoms with E-state index >= 15 is 0 Å². The number of hydrogen-bond acceptors (Lipinski definition) is 4. The second kappa shape index (κ2) is 6.13. The molecule has 0 N–H and O–H groups in total. The molecule has 1 aromatic rings. The second-order valence-electron chi connectivity index (χ2n) is 8.34. The van der Waals surface area contributed by atoms with Crippen molar-refractivity contribution < 1.29 is 13.2 Å². The van der Waals surface area contributed by atoms with Gasteiger partial charge < -0.3 is 4.90 Å². The normalized spacial score (nSPS) is 26.2. The van der Waals surface area contributed by atoms with Crippen LogP contribution < -0.4 is 0 Å². The molecule has 1 aliphatic heterocycles. The van der Waals surface area contributed by atoms with Crippen molar-refractivity contribution in [3.8, 4) is 0 Å². The Kier molecular flexibility index (Phi) is 4.58. The van der Waals surface area contributed by atoms with Gasteiger partial charge in [-0.15, -0.1) is 11.3 Å². The van der Waals surface area contributed by atoms with Crippen LogP contribution in [0.5, 0.6) is 0 Å². The predicted octanol–water partition coefficient (Wildman–Crippen LogP) is 3.16. The van der Waals surface area contributed by atoms with E-state index < -0.39 is 9.84 Å². The monoisotopic (exact) mass is 369 g/mol. The van der Waals surface area contributed by atoms with Crippen LogP contribution in [0.1, 0.15) is 53.7 Å². The molecule has 24 heavy (non-hydrogen) atoms. The van der Waals surface area contributed by atoms with E-state index in [0.29, 0.717) is 17.8 Å². The molecule has 1 fully saturated rings. The van der Waals surface area contributed by atoms with Gasteiger partial charge >= 0.3 is 0 Å². The predicted molar refractivity (Wildman–Crippen MR) is 98.4 cm³/mol. The molecule has 1 saturated heterocycles. The van der Waals surface area contributed by atoms with Crippen LogP contribution in [-0.2, 0) is 22.7 Å². The first-order chi connectivity index (χ1) is 11.1. The van der Waals surface area contributed by atoms with Gasteiger partial charge in [-0.25, -0.2) is 8.42 Å². The number of aryl methyl sites for hydroxylation is 1. The van der Waals surface area contributed by atoms with Crippen LogP contribution in [0.4, 0.5) is 0 Å². The lowest BCUT2D eigenvalue weighted by atomic mass is 9.72. The Bertz CT molecular complexity index is 743. The highest BCUT2D eigenvalue weighted by Crippen LogP contribution is 2.40. The summed E-state index contributed by atoms with van der Waals surface area (Å²) in [5.41, 5.74) is 1.61. The average molecular weight is 370 g/mol. The lowest BCUT2D eigenvalue weighted by molar-refractivity contribution is 0.0752. The average Bonchev–Trinajstić information content (AvgIpc) is 3.06. The Hall–Kier alpha value is -0.880. The maximum absolute atomic E-state index is 12.8. The Labute approximate surface area is 149 Å². The van der Waals surface area contributed by atoms with E-state index in [-0.39, 0.29) is 23.5 Å². The number of amides is 1. The quantitative estimate of drug-likeness (QED) is 0.805. The number of carbonyl (C=O) groups excluding carboxylic acids is 1. The molecule has 2 aliphatic rings. The molecule has 6 heteroatoms. The third-order valence-corrected chi connectivity index (χ3v) is 8.57. The van der Waals surface area contributed by atoms with E-state index in [9.17, 15) is 13.2 Å². The Morgan fingerprint density at radius 3 is 2.58 bits per heavy atom. The second-order valence-corrected chi connectivity index (χ2v) is 11.7. The first-order valence-electron chi connectivity index (χ1n) is 8.66. The molecule has 0 radical (unpaired) electrons. The van der Waals surface area contributed by atoms with Crippen molar-refractivity contribution in [2.75, 3.05) is 18.6 Å². The molecule has 1 aromatic heterocycles. The van der Waals surface area contributed by atoms with Crippen molar-refractivity contribution in [3.05, 3.63) is 21.4 Å². The zero-order valence-electron chi connectivity index (χ0n) is 15.0. The number of carbonyl (C=O) groups is 1. The maximum Gasteiger partial charge on any atom is 0.263 e. The standard InChI is InChI=1S/C18H27NO3S2/c1-18(2,3)13-5-6-15-12(9-13)10-16(23-15)17(20)19(4)14-7-8-24(21,22)11-14/h10,13-14H,5-9,11H2,1-4H3. The summed E-state index contributed by atoms with van der Waals surface area (Å²) in [6, 6.07) is 1.88. The molecular formula is C18H27NO3S2. The lowest BCUT2D eigenvalue weighted by Gasteiger charge is -2.33. The molecule has 4 nitrogen and oxygen atoms in total. The van der Waals surface area contributed by atoms with Crippen LogP contribution >= 0.6 is 11.3 Å². The van der Waals surface area contributed by atoms with Crippen LogP contribution in [-0.4, -0.2) is 43.8 Å². The largest absolute Gasteiger partial charge is 0.337 e. The van der Waals surface area contributed by atoms with E-state index in [1.807, 2.05) is 0 Å². The van der Waals surface area contributed by atoms with Crippen molar-refractivity contribution in [3.63, 3.8) is 0 Å². The van der Waals surface area contributed by atoms with Gasteiger partial charge in [0.05, 0.1) is 16.4 Å². The highest BCUT2D eigenvalue weighted by Gasteiger charge is 2.35. The minimum Gasteiger partial charge on any atom is -0.337 e. The van der Waals surface area contributed by atoms with Gasteiger partial charge in [0.1, 0.15) is 0 Å². The van der Waals surface area contributed by atoms with Gasteiger partial charge in [-0.2, -0.15) is 0 Å². The molecule has 0 aromatic carbocycles. The van der Waals surface area contributed by atoms with Gasteiger partial charge in [-0.05, 0) is 48.6 Å². The van der Waals surface area contributed by atoms with Crippen LogP contribution in [0, 0.1) is 11.3 Å². The van der Waals surface area contributed by atoms with E-state index in [2.05, 4.69) is 26.8 Å². The van der Waals surface area contributed by atoms with Crippen molar-refractivity contribution in [2.24, 2.45) is 11.3 Å². The molecule has 0 saturated carbocycles. The highest BCUT2D eigenvalue weighted by molar-refractivity contribution is 7.91. The highest BCUT2D eigenvalue weighted by atomic mass is 32.2. The van der Waals surface area contributed by atoms with Crippen LogP contribution in [0.25, 0.3) is 0 Å². The number of hydrogen-bond donors (Lipinski definition) is 0. The summed E-state index contributed by atoms with van der Waals surface area (Å²) in [4.78, 5) is 16.5. The summed E-state index contributed by atoms with van der Waals surface area (Å²) in [6.45, 7) is 6.86. The van der Waals surface area contributed by atoms with E-state index in [4.69, 9.17) is 0 Å². The number of sulfone groups is 1. The molecule has 1 amide bonds. The summed E-state index contributed by atoms with van der Waals surface area (Å²) in [6.07, 6.45) is 3.84. The third-order valence-electron chi connectivity index (χ3n) is 5.59. The summed E-state index contributed by atoms with van der Waals surface area (Å²) in [5.74, 6) is 0.930. The van der Waals surface area contributed by atoms with Gasteiger partial charge in [0.15, 0.2) is 9.84 Å². The van der Waals surface area contributed by atoms with Gasteiger partial charge in [-0.1, -0.05) is 20.8 Å². The summed E-state index contributed by atoms with van der Waals surface area (Å²) in [7, 11) is -1.23. The smallest absolute Gasteiger partial charge is 0.263 e. The molecule has 2 heterocycles. The number of nitrogens with zero attached hydrogens (tertiary/aromatic N) is 1. The molecule has 2 atom stereocenters. The maximum atomic E-state index is 12.8. The van der Waals surface area contributed by atoms with E-state index in [0.717, 1.165) is 17.7 Å². The zero-order valence-corrected chi connectivity index (χ0v) is 16.6. The van der Waals surface area contributed by atoms with Crippen molar-refractivity contribution in [1.82, 2.24) is 4.90 Å². The van der Waals surface area contributed by atoms with Crippen LogP contribution in [0.15, 0.2) is 6.07 Å². The van der Waals surface area contributed by atoms with Crippen molar-refractivity contribution in [1.29, 1.82) is 0 Å². The molecule has 0 spiro atoms. The summed E-state index contributed by atoms with van der Waals surface area (Å²) in [5, 5.41) is 0. The van der Waals surface area contributed by atoms with E-state index in [1.54, 1.807) is 23.3 Å². The van der Waals surface area contributed by atoms with Crippen molar-refractivity contribution >= 4 is 27.1 Å². The Morgan fingerprint density at radius 2 is 2.00 bits per heavy atom. The lowest BCUT2D eigenvalue weighted by Crippen LogP contribution is -2.37. The Morgan fingerprint density at radius 1 is 1.29 bits per heavy atom. The fourth-order valence-electron chi connectivity index (χ4n) is 3.79. The molecule has 1 aliphatic carbocycles. The molecule has 2 unspecified atom stereocenters. The van der Waals surface area contributed by atoms with Gasteiger partial charge in [0.25, 0.3) is 5.91 Å². The first kappa shape index (κ1) is 17.9. The summed E-state index contributed by atoms with van der Waals surface area (Å²) >= 11 is 1.60. The number of fused-ring (bicyclic) bond motifs is 1.